The minimum Gasteiger partial charge on any atom is -0.478 e. The Hall–Kier alpha value is -2.10. The molecule has 0 aromatic heterocycles. The van der Waals surface area contributed by atoms with Crippen molar-refractivity contribution >= 4 is 11.9 Å². The topological polar surface area (TPSA) is 66.4 Å². The first-order valence-electron chi connectivity index (χ1n) is 5.96. The van der Waals surface area contributed by atoms with Gasteiger partial charge >= 0.3 is 5.97 Å². The van der Waals surface area contributed by atoms with Crippen LogP contribution >= 0.6 is 0 Å². The summed E-state index contributed by atoms with van der Waals surface area (Å²) in [5.74, 6) is -1.48. The fourth-order valence-corrected chi connectivity index (χ4v) is 2.27. The first-order chi connectivity index (χ1) is 8.66. The zero-order valence-corrected chi connectivity index (χ0v) is 9.93. The highest BCUT2D eigenvalue weighted by Crippen LogP contribution is 2.29. The minimum absolute atomic E-state index is 0.0131. The Kier molecular flexibility index (Phi) is 3.77. The molecule has 1 aliphatic rings. The standard InChI is InChI=1S/C14H15NO3/c16-13(8-9-14(17)18)15-12-7-3-5-10-4-1-2-6-11(10)12/h1-2,4,6,8-9,12H,3,5,7H2,(H,15,16)(H,17,18)/b9-8+/t12-/m0/s1. The Labute approximate surface area is 105 Å². The van der Waals surface area contributed by atoms with E-state index >= 15 is 0 Å². The lowest BCUT2D eigenvalue weighted by Gasteiger charge is -2.25. The summed E-state index contributed by atoms with van der Waals surface area (Å²) in [5.41, 5.74) is 2.40. The Morgan fingerprint density at radius 1 is 1.28 bits per heavy atom. The number of nitrogens with one attached hydrogen (secondary N) is 1. The third-order valence-electron chi connectivity index (χ3n) is 3.06. The van der Waals surface area contributed by atoms with E-state index in [1.165, 1.54) is 5.56 Å². The molecule has 1 aliphatic carbocycles. The molecular formula is C14H15NO3. The molecule has 0 saturated carbocycles. The molecule has 4 nitrogen and oxygen atoms in total. The maximum Gasteiger partial charge on any atom is 0.328 e. The van der Waals surface area contributed by atoms with Gasteiger partial charge in [0.25, 0.3) is 0 Å². The summed E-state index contributed by atoms with van der Waals surface area (Å²) in [6.07, 6.45) is 4.87. The molecule has 0 aliphatic heterocycles. The van der Waals surface area contributed by atoms with Crippen molar-refractivity contribution < 1.29 is 14.7 Å². The number of carbonyl (C=O) groups excluding carboxylic acids is 1. The smallest absolute Gasteiger partial charge is 0.328 e. The molecule has 1 amide bonds. The zero-order valence-electron chi connectivity index (χ0n) is 9.93. The van der Waals surface area contributed by atoms with E-state index in [0.29, 0.717) is 0 Å². The average Bonchev–Trinajstić information content (AvgIpc) is 2.37. The van der Waals surface area contributed by atoms with Crippen molar-refractivity contribution in [3.8, 4) is 0 Å². The van der Waals surface area contributed by atoms with Gasteiger partial charge in [-0.1, -0.05) is 24.3 Å². The van der Waals surface area contributed by atoms with Crippen molar-refractivity contribution in [2.45, 2.75) is 25.3 Å². The van der Waals surface area contributed by atoms with E-state index in [1.807, 2.05) is 18.2 Å². The molecule has 2 N–H and O–H groups in total. The van der Waals surface area contributed by atoms with E-state index in [1.54, 1.807) is 0 Å². The minimum atomic E-state index is -1.12. The zero-order chi connectivity index (χ0) is 13.0. The number of carboxylic acid groups (broad SMARTS) is 1. The third kappa shape index (κ3) is 2.97. The van der Waals surface area contributed by atoms with E-state index in [2.05, 4.69) is 11.4 Å². The molecule has 0 spiro atoms. The predicted molar refractivity (Wildman–Crippen MR) is 67.0 cm³/mol. The van der Waals surface area contributed by atoms with Crippen LogP contribution in [0, 0.1) is 0 Å². The number of carbonyl (C=O) groups is 2. The molecule has 1 atom stereocenters. The molecule has 1 aromatic carbocycles. The van der Waals surface area contributed by atoms with Gasteiger partial charge in [-0.3, -0.25) is 4.79 Å². The lowest BCUT2D eigenvalue weighted by Crippen LogP contribution is -2.29. The van der Waals surface area contributed by atoms with Crippen LogP contribution in [0.3, 0.4) is 0 Å². The lowest BCUT2D eigenvalue weighted by atomic mass is 9.88. The van der Waals surface area contributed by atoms with Crippen LogP contribution in [0.2, 0.25) is 0 Å². The molecule has 4 heteroatoms. The van der Waals surface area contributed by atoms with Gasteiger partial charge in [-0.05, 0) is 30.4 Å². The highest BCUT2D eigenvalue weighted by molar-refractivity contribution is 5.94. The number of hydrogen-bond donors (Lipinski definition) is 2. The van der Waals surface area contributed by atoms with Gasteiger partial charge in [-0.25, -0.2) is 4.79 Å². The predicted octanol–water partition coefficient (Wildman–Crippen LogP) is 1.82. The first-order valence-corrected chi connectivity index (χ1v) is 5.96. The molecule has 0 saturated heterocycles. The SMILES string of the molecule is O=C(O)/C=C/C(=O)N[C@H]1CCCc2ccccc21. The number of fused-ring (bicyclic) bond motifs is 1. The molecular weight excluding hydrogens is 230 g/mol. The normalized spacial score (nSPS) is 18.3. The number of aliphatic carboxylic acids is 1. The second-order valence-corrected chi connectivity index (χ2v) is 4.32. The lowest BCUT2D eigenvalue weighted by molar-refractivity contribution is -0.131. The van der Waals surface area contributed by atoms with Gasteiger partial charge in [0, 0.05) is 12.2 Å². The van der Waals surface area contributed by atoms with E-state index in [4.69, 9.17) is 5.11 Å². The molecule has 1 aromatic rings. The maximum atomic E-state index is 11.6. The van der Waals surface area contributed by atoms with Gasteiger partial charge in [0.2, 0.25) is 5.91 Å². The van der Waals surface area contributed by atoms with E-state index in [9.17, 15) is 9.59 Å². The number of carboxylic acids is 1. The van der Waals surface area contributed by atoms with Gasteiger partial charge < -0.3 is 10.4 Å². The number of aryl methyl sites for hydroxylation is 1. The van der Waals surface area contributed by atoms with Crippen LogP contribution in [0.5, 0.6) is 0 Å². The summed E-state index contributed by atoms with van der Waals surface area (Å²) in [7, 11) is 0. The van der Waals surface area contributed by atoms with E-state index < -0.39 is 5.97 Å². The van der Waals surface area contributed by atoms with Gasteiger partial charge in [0.05, 0.1) is 6.04 Å². The molecule has 0 radical (unpaired) electrons. The van der Waals surface area contributed by atoms with Crippen molar-refractivity contribution in [3.63, 3.8) is 0 Å². The van der Waals surface area contributed by atoms with Gasteiger partial charge in [-0.2, -0.15) is 0 Å². The summed E-state index contributed by atoms with van der Waals surface area (Å²) in [6, 6.07) is 8.02. The second-order valence-electron chi connectivity index (χ2n) is 4.32. The Morgan fingerprint density at radius 2 is 2.06 bits per heavy atom. The van der Waals surface area contributed by atoms with Crippen molar-refractivity contribution in [1.82, 2.24) is 5.32 Å². The molecule has 18 heavy (non-hydrogen) atoms. The summed E-state index contributed by atoms with van der Waals surface area (Å²) in [6.45, 7) is 0. The second kappa shape index (κ2) is 5.49. The summed E-state index contributed by atoms with van der Waals surface area (Å²) >= 11 is 0. The monoisotopic (exact) mass is 245 g/mol. The number of rotatable bonds is 3. The highest BCUT2D eigenvalue weighted by Gasteiger charge is 2.20. The molecule has 0 heterocycles. The van der Waals surface area contributed by atoms with Crippen molar-refractivity contribution in [2.75, 3.05) is 0 Å². The van der Waals surface area contributed by atoms with Crippen molar-refractivity contribution in [3.05, 3.63) is 47.5 Å². The van der Waals surface area contributed by atoms with Crippen molar-refractivity contribution in [1.29, 1.82) is 0 Å². The van der Waals surface area contributed by atoms with Crippen LogP contribution in [0.1, 0.15) is 30.0 Å². The third-order valence-corrected chi connectivity index (χ3v) is 3.06. The van der Waals surface area contributed by atoms with Crippen LogP contribution in [0.15, 0.2) is 36.4 Å². The van der Waals surface area contributed by atoms with Crippen LogP contribution < -0.4 is 5.32 Å². The van der Waals surface area contributed by atoms with Crippen LogP contribution in [-0.4, -0.2) is 17.0 Å². The highest BCUT2D eigenvalue weighted by atomic mass is 16.4. The average molecular weight is 245 g/mol. The molecule has 0 unspecified atom stereocenters. The Balaban J connectivity index is 2.07. The fourth-order valence-electron chi connectivity index (χ4n) is 2.27. The quantitative estimate of drug-likeness (QED) is 0.798. The number of amides is 1. The van der Waals surface area contributed by atoms with E-state index in [0.717, 1.165) is 37.0 Å². The van der Waals surface area contributed by atoms with Gasteiger partial charge in [-0.15, -0.1) is 0 Å². The molecule has 0 bridgehead atoms. The fraction of sp³-hybridized carbons (Fsp3) is 0.286. The molecule has 2 rings (SSSR count). The van der Waals surface area contributed by atoms with Crippen molar-refractivity contribution in [2.24, 2.45) is 0 Å². The van der Waals surface area contributed by atoms with Crippen LogP contribution in [-0.2, 0) is 16.0 Å². The number of benzene rings is 1. The summed E-state index contributed by atoms with van der Waals surface area (Å²) in [5, 5.41) is 11.3. The number of hydrogen-bond acceptors (Lipinski definition) is 2. The van der Waals surface area contributed by atoms with Gasteiger partial charge in [0.1, 0.15) is 0 Å². The Morgan fingerprint density at radius 3 is 2.83 bits per heavy atom. The van der Waals surface area contributed by atoms with E-state index in [-0.39, 0.29) is 11.9 Å². The first kappa shape index (κ1) is 12.4. The largest absolute Gasteiger partial charge is 0.478 e. The molecule has 94 valence electrons. The summed E-state index contributed by atoms with van der Waals surface area (Å²) < 4.78 is 0. The van der Waals surface area contributed by atoms with Crippen LogP contribution in [0.25, 0.3) is 0 Å². The molecule has 0 fully saturated rings. The van der Waals surface area contributed by atoms with Gasteiger partial charge in [0.15, 0.2) is 0 Å². The summed E-state index contributed by atoms with van der Waals surface area (Å²) in [4.78, 5) is 21.9. The maximum absolute atomic E-state index is 11.6. The van der Waals surface area contributed by atoms with Crippen LogP contribution in [0.4, 0.5) is 0 Å². The Bertz CT molecular complexity index is 494.